The van der Waals surface area contributed by atoms with Crippen molar-refractivity contribution in [3.63, 3.8) is 0 Å². The summed E-state index contributed by atoms with van der Waals surface area (Å²) in [4.78, 5) is 0. The Hall–Kier alpha value is -1.08. The van der Waals surface area contributed by atoms with Crippen LogP contribution in [0.5, 0.6) is 0 Å². The number of ether oxygens (including phenoxy) is 1. The van der Waals surface area contributed by atoms with E-state index in [4.69, 9.17) is 4.74 Å². The molecule has 1 heterocycles. The molecule has 1 fully saturated rings. The zero-order valence-corrected chi connectivity index (χ0v) is 8.57. The monoisotopic (exact) mass is 188 g/mol. The van der Waals surface area contributed by atoms with Crippen LogP contribution < -0.4 is 0 Å². The van der Waals surface area contributed by atoms with Crippen molar-refractivity contribution < 1.29 is 4.74 Å². The SMILES string of the molecule is C=CC1CCOC1(C)c1ccccc1. The lowest BCUT2D eigenvalue weighted by atomic mass is 9.83. The van der Waals surface area contributed by atoms with Crippen LogP contribution in [-0.4, -0.2) is 6.61 Å². The molecule has 1 nitrogen and oxygen atoms in total. The molecule has 0 amide bonds. The molecule has 0 saturated carbocycles. The Balaban J connectivity index is 2.36. The minimum Gasteiger partial charge on any atom is -0.370 e. The zero-order chi connectivity index (χ0) is 10.0. The van der Waals surface area contributed by atoms with Gasteiger partial charge in [-0.25, -0.2) is 0 Å². The molecular weight excluding hydrogens is 172 g/mol. The fourth-order valence-electron chi connectivity index (χ4n) is 2.19. The highest BCUT2D eigenvalue weighted by Crippen LogP contribution is 2.41. The number of hydrogen-bond donors (Lipinski definition) is 0. The second-order valence-electron chi connectivity index (χ2n) is 3.95. The number of rotatable bonds is 2. The first-order chi connectivity index (χ1) is 6.77. The quantitative estimate of drug-likeness (QED) is 0.648. The lowest BCUT2D eigenvalue weighted by Gasteiger charge is -2.29. The highest BCUT2D eigenvalue weighted by molar-refractivity contribution is 5.25. The van der Waals surface area contributed by atoms with E-state index in [1.165, 1.54) is 5.56 Å². The first-order valence-corrected chi connectivity index (χ1v) is 5.09. The summed E-state index contributed by atoms with van der Waals surface area (Å²) in [7, 11) is 0. The summed E-state index contributed by atoms with van der Waals surface area (Å²) < 4.78 is 5.86. The van der Waals surface area contributed by atoms with E-state index in [9.17, 15) is 0 Å². The third-order valence-corrected chi connectivity index (χ3v) is 3.17. The van der Waals surface area contributed by atoms with E-state index < -0.39 is 0 Å². The Labute approximate surface area is 85.4 Å². The summed E-state index contributed by atoms with van der Waals surface area (Å²) in [5.41, 5.74) is 1.09. The van der Waals surface area contributed by atoms with Gasteiger partial charge in [-0.15, -0.1) is 6.58 Å². The molecule has 1 saturated heterocycles. The average Bonchev–Trinajstić information content (AvgIpc) is 2.62. The van der Waals surface area contributed by atoms with Crippen LogP contribution in [0.2, 0.25) is 0 Å². The Morgan fingerprint density at radius 1 is 1.43 bits per heavy atom. The van der Waals surface area contributed by atoms with Gasteiger partial charge in [0.1, 0.15) is 0 Å². The van der Waals surface area contributed by atoms with Crippen LogP contribution in [0.15, 0.2) is 43.0 Å². The fourth-order valence-corrected chi connectivity index (χ4v) is 2.19. The Kier molecular flexibility index (Phi) is 2.42. The smallest absolute Gasteiger partial charge is 0.0966 e. The van der Waals surface area contributed by atoms with Crippen molar-refractivity contribution in [2.45, 2.75) is 18.9 Å². The van der Waals surface area contributed by atoms with E-state index in [2.05, 4.69) is 37.8 Å². The number of benzene rings is 1. The average molecular weight is 188 g/mol. The second kappa shape index (κ2) is 3.58. The summed E-state index contributed by atoms with van der Waals surface area (Å²) in [6.45, 7) is 6.87. The molecule has 1 aliphatic heterocycles. The molecule has 0 bridgehead atoms. The maximum absolute atomic E-state index is 5.86. The van der Waals surface area contributed by atoms with Gasteiger partial charge in [-0.3, -0.25) is 0 Å². The van der Waals surface area contributed by atoms with Gasteiger partial charge in [-0.2, -0.15) is 0 Å². The van der Waals surface area contributed by atoms with Crippen molar-refractivity contribution >= 4 is 0 Å². The van der Waals surface area contributed by atoms with Crippen molar-refractivity contribution in [3.05, 3.63) is 48.6 Å². The van der Waals surface area contributed by atoms with Gasteiger partial charge < -0.3 is 4.74 Å². The summed E-state index contributed by atoms with van der Waals surface area (Å²) >= 11 is 0. The van der Waals surface area contributed by atoms with Crippen LogP contribution in [0.3, 0.4) is 0 Å². The Morgan fingerprint density at radius 3 is 2.79 bits per heavy atom. The molecule has 1 aromatic carbocycles. The summed E-state index contributed by atoms with van der Waals surface area (Å²) in [5, 5.41) is 0. The van der Waals surface area contributed by atoms with Crippen LogP contribution >= 0.6 is 0 Å². The first kappa shape index (κ1) is 9.47. The highest BCUT2D eigenvalue weighted by Gasteiger charge is 2.39. The van der Waals surface area contributed by atoms with Gasteiger partial charge in [0.25, 0.3) is 0 Å². The molecule has 74 valence electrons. The van der Waals surface area contributed by atoms with Gasteiger partial charge in [0.05, 0.1) is 5.60 Å². The van der Waals surface area contributed by atoms with Gasteiger partial charge in [0, 0.05) is 12.5 Å². The van der Waals surface area contributed by atoms with Crippen LogP contribution in [-0.2, 0) is 10.3 Å². The molecule has 0 N–H and O–H groups in total. The Morgan fingerprint density at radius 2 is 2.14 bits per heavy atom. The van der Waals surface area contributed by atoms with E-state index in [1.54, 1.807) is 0 Å². The lowest BCUT2D eigenvalue weighted by molar-refractivity contribution is 0.000387. The third kappa shape index (κ3) is 1.38. The van der Waals surface area contributed by atoms with Gasteiger partial charge in [0.15, 0.2) is 0 Å². The first-order valence-electron chi connectivity index (χ1n) is 5.09. The molecule has 1 heteroatoms. The van der Waals surface area contributed by atoms with Crippen molar-refractivity contribution in [3.8, 4) is 0 Å². The maximum Gasteiger partial charge on any atom is 0.0966 e. The standard InChI is InChI=1S/C13H16O/c1-3-11-9-10-14-13(11,2)12-7-5-4-6-8-12/h3-8,11H,1,9-10H2,2H3. The Bertz CT molecular complexity index is 317. The maximum atomic E-state index is 5.86. The topological polar surface area (TPSA) is 9.23 Å². The van der Waals surface area contributed by atoms with Gasteiger partial charge in [0.2, 0.25) is 0 Å². The zero-order valence-electron chi connectivity index (χ0n) is 8.57. The molecule has 0 spiro atoms. The van der Waals surface area contributed by atoms with E-state index >= 15 is 0 Å². The summed E-state index contributed by atoms with van der Waals surface area (Å²) in [6.07, 6.45) is 3.09. The molecule has 0 aromatic heterocycles. The normalized spacial score (nSPS) is 31.6. The van der Waals surface area contributed by atoms with Crippen molar-refractivity contribution in [2.75, 3.05) is 6.61 Å². The van der Waals surface area contributed by atoms with Gasteiger partial charge >= 0.3 is 0 Å². The lowest BCUT2D eigenvalue weighted by Crippen LogP contribution is -2.27. The molecule has 2 rings (SSSR count). The fraction of sp³-hybridized carbons (Fsp3) is 0.385. The van der Waals surface area contributed by atoms with E-state index in [-0.39, 0.29) is 5.60 Å². The van der Waals surface area contributed by atoms with Gasteiger partial charge in [-0.05, 0) is 18.9 Å². The van der Waals surface area contributed by atoms with Gasteiger partial charge in [-0.1, -0.05) is 36.4 Å². The molecule has 2 atom stereocenters. The van der Waals surface area contributed by atoms with Crippen molar-refractivity contribution in [1.29, 1.82) is 0 Å². The predicted octanol–water partition coefficient (Wildman–Crippen LogP) is 3.12. The van der Waals surface area contributed by atoms with Crippen LogP contribution in [0.1, 0.15) is 18.9 Å². The van der Waals surface area contributed by atoms with Crippen LogP contribution in [0, 0.1) is 5.92 Å². The molecule has 1 aliphatic rings. The summed E-state index contributed by atoms with van der Waals surface area (Å²) in [5.74, 6) is 0.435. The van der Waals surface area contributed by atoms with Crippen LogP contribution in [0.25, 0.3) is 0 Å². The molecule has 2 unspecified atom stereocenters. The molecule has 0 aliphatic carbocycles. The number of hydrogen-bond acceptors (Lipinski definition) is 1. The van der Waals surface area contributed by atoms with Crippen molar-refractivity contribution in [1.82, 2.24) is 0 Å². The summed E-state index contributed by atoms with van der Waals surface area (Å²) in [6, 6.07) is 10.4. The largest absolute Gasteiger partial charge is 0.370 e. The van der Waals surface area contributed by atoms with Crippen LogP contribution in [0.4, 0.5) is 0 Å². The molecule has 0 radical (unpaired) electrons. The minimum absolute atomic E-state index is 0.164. The van der Waals surface area contributed by atoms with Crippen molar-refractivity contribution in [2.24, 2.45) is 5.92 Å². The van der Waals surface area contributed by atoms with E-state index in [0.29, 0.717) is 5.92 Å². The van der Waals surface area contributed by atoms with E-state index in [0.717, 1.165) is 13.0 Å². The van der Waals surface area contributed by atoms with E-state index in [1.807, 2.05) is 12.1 Å². The molecular formula is C13H16O. The third-order valence-electron chi connectivity index (χ3n) is 3.17. The second-order valence-corrected chi connectivity index (χ2v) is 3.95. The minimum atomic E-state index is -0.164. The predicted molar refractivity (Wildman–Crippen MR) is 58.1 cm³/mol. The molecule has 1 aromatic rings. The molecule has 14 heavy (non-hydrogen) atoms. The highest BCUT2D eigenvalue weighted by atomic mass is 16.5.